The number of piperazine rings is 1. The molecule has 0 radical (unpaired) electrons. The van der Waals surface area contributed by atoms with Crippen molar-refractivity contribution in [2.45, 2.75) is 25.8 Å². The van der Waals surface area contributed by atoms with Crippen LogP contribution in [0.15, 0.2) is 54.6 Å². The van der Waals surface area contributed by atoms with Gasteiger partial charge in [0.2, 0.25) is 5.91 Å². The molecule has 0 bridgehead atoms. The molecule has 1 aliphatic heterocycles. The summed E-state index contributed by atoms with van der Waals surface area (Å²) in [5, 5.41) is 0. The molecule has 0 atom stereocenters. The Bertz CT molecular complexity index is 848. The third kappa shape index (κ3) is 4.55. The Labute approximate surface area is 160 Å². The summed E-state index contributed by atoms with van der Waals surface area (Å²) in [5.74, 6) is 1.24. The van der Waals surface area contributed by atoms with Gasteiger partial charge in [-0.2, -0.15) is 0 Å². The van der Waals surface area contributed by atoms with Crippen molar-refractivity contribution in [3.63, 3.8) is 0 Å². The number of hydrogen-bond acceptors (Lipinski definition) is 3. The summed E-state index contributed by atoms with van der Waals surface area (Å²) in [5.41, 5.74) is 3.39. The first kappa shape index (κ1) is 17.7. The first-order chi connectivity index (χ1) is 13.3. The van der Waals surface area contributed by atoms with Gasteiger partial charge in [-0.25, -0.2) is 4.98 Å². The van der Waals surface area contributed by atoms with Crippen LogP contribution in [0.5, 0.6) is 0 Å². The van der Waals surface area contributed by atoms with Crippen molar-refractivity contribution in [3.8, 4) is 0 Å². The summed E-state index contributed by atoms with van der Waals surface area (Å²) in [7, 11) is 0. The van der Waals surface area contributed by atoms with E-state index in [4.69, 9.17) is 0 Å². The number of aryl methyl sites for hydroxylation is 1. The Morgan fingerprint density at radius 1 is 0.963 bits per heavy atom. The number of benzene rings is 2. The molecular formula is C22H26N4O. The molecule has 3 aromatic rings. The average molecular weight is 362 g/mol. The van der Waals surface area contributed by atoms with Crippen LogP contribution in [0.25, 0.3) is 11.0 Å². The van der Waals surface area contributed by atoms with E-state index in [2.05, 4.69) is 39.1 Å². The molecule has 1 aromatic heterocycles. The lowest BCUT2D eigenvalue weighted by Gasteiger charge is -2.34. The predicted octanol–water partition coefficient (Wildman–Crippen LogP) is 3.23. The number of hydrogen-bond donors (Lipinski definition) is 1. The van der Waals surface area contributed by atoms with Crippen molar-refractivity contribution in [2.24, 2.45) is 0 Å². The number of carbonyl (C=O) groups is 1. The van der Waals surface area contributed by atoms with Crippen LogP contribution in [0.3, 0.4) is 0 Å². The van der Waals surface area contributed by atoms with Crippen LogP contribution in [-0.4, -0.2) is 51.9 Å². The first-order valence-electron chi connectivity index (χ1n) is 9.75. The molecule has 27 heavy (non-hydrogen) atoms. The van der Waals surface area contributed by atoms with Gasteiger partial charge >= 0.3 is 0 Å². The number of para-hydroxylation sites is 2. The molecule has 2 heterocycles. The average Bonchev–Trinajstić information content (AvgIpc) is 3.12. The molecular weight excluding hydrogens is 336 g/mol. The van der Waals surface area contributed by atoms with Crippen LogP contribution in [0.1, 0.15) is 24.2 Å². The van der Waals surface area contributed by atoms with Crippen molar-refractivity contribution in [3.05, 3.63) is 66.0 Å². The van der Waals surface area contributed by atoms with Gasteiger partial charge in [0.05, 0.1) is 11.0 Å². The molecule has 1 aliphatic rings. The minimum atomic E-state index is 0.269. The number of rotatable bonds is 6. The maximum atomic E-state index is 12.5. The van der Waals surface area contributed by atoms with Crippen LogP contribution in [0.4, 0.5) is 0 Å². The second kappa shape index (κ2) is 8.35. The standard InChI is InChI=1S/C22H26N4O/c27-22(12-6-11-21-23-19-9-4-5-10-20(19)24-21)26-15-13-25(14-16-26)17-18-7-2-1-3-8-18/h1-5,7-10H,6,11-17H2,(H,23,24). The maximum absolute atomic E-state index is 12.5. The Balaban J connectivity index is 1.20. The van der Waals surface area contributed by atoms with Crippen molar-refractivity contribution < 1.29 is 4.79 Å². The van der Waals surface area contributed by atoms with Gasteiger partial charge in [-0.15, -0.1) is 0 Å². The Morgan fingerprint density at radius 2 is 1.70 bits per heavy atom. The van der Waals surface area contributed by atoms with Gasteiger partial charge in [-0.05, 0) is 24.1 Å². The molecule has 140 valence electrons. The Kier molecular flexibility index (Phi) is 5.49. The zero-order chi connectivity index (χ0) is 18.5. The molecule has 0 saturated carbocycles. The number of nitrogens with one attached hydrogen (secondary N) is 1. The SMILES string of the molecule is O=C(CCCc1nc2ccccc2[nH]1)N1CCN(Cc2ccccc2)CC1. The summed E-state index contributed by atoms with van der Waals surface area (Å²) < 4.78 is 0. The molecule has 0 aliphatic carbocycles. The smallest absolute Gasteiger partial charge is 0.222 e. The fourth-order valence-electron chi connectivity index (χ4n) is 3.69. The van der Waals surface area contributed by atoms with Crippen LogP contribution < -0.4 is 0 Å². The van der Waals surface area contributed by atoms with E-state index >= 15 is 0 Å². The Hall–Kier alpha value is -2.66. The number of aromatic amines is 1. The number of carbonyl (C=O) groups excluding carboxylic acids is 1. The van der Waals surface area contributed by atoms with E-state index < -0.39 is 0 Å². The molecule has 1 N–H and O–H groups in total. The zero-order valence-corrected chi connectivity index (χ0v) is 15.6. The monoisotopic (exact) mass is 362 g/mol. The molecule has 1 amide bonds. The van der Waals surface area contributed by atoms with Gasteiger partial charge in [0.25, 0.3) is 0 Å². The quantitative estimate of drug-likeness (QED) is 0.732. The lowest BCUT2D eigenvalue weighted by molar-refractivity contribution is -0.133. The van der Waals surface area contributed by atoms with Crippen molar-refractivity contribution in [1.82, 2.24) is 19.8 Å². The number of imidazole rings is 1. The lowest BCUT2D eigenvalue weighted by Crippen LogP contribution is -2.48. The fourth-order valence-corrected chi connectivity index (χ4v) is 3.69. The summed E-state index contributed by atoms with van der Waals surface area (Å²) >= 11 is 0. The molecule has 1 saturated heterocycles. The van der Waals surface area contributed by atoms with Crippen molar-refractivity contribution in [2.75, 3.05) is 26.2 Å². The zero-order valence-electron chi connectivity index (χ0n) is 15.6. The number of H-pyrrole nitrogens is 1. The van der Waals surface area contributed by atoms with E-state index in [0.717, 1.165) is 62.4 Å². The second-order valence-electron chi connectivity index (χ2n) is 7.20. The third-order valence-corrected chi connectivity index (χ3v) is 5.22. The highest BCUT2D eigenvalue weighted by Crippen LogP contribution is 2.13. The van der Waals surface area contributed by atoms with Crippen molar-refractivity contribution in [1.29, 1.82) is 0 Å². The molecule has 5 nitrogen and oxygen atoms in total. The van der Waals surface area contributed by atoms with E-state index in [9.17, 15) is 4.79 Å². The highest BCUT2D eigenvalue weighted by atomic mass is 16.2. The summed E-state index contributed by atoms with van der Waals surface area (Å²) in [4.78, 5) is 24.9. The lowest BCUT2D eigenvalue weighted by atomic mass is 10.1. The van der Waals surface area contributed by atoms with Gasteiger partial charge in [-0.1, -0.05) is 42.5 Å². The van der Waals surface area contributed by atoms with E-state index in [-0.39, 0.29) is 5.91 Å². The normalized spacial score (nSPS) is 15.3. The highest BCUT2D eigenvalue weighted by Gasteiger charge is 2.20. The van der Waals surface area contributed by atoms with Crippen LogP contribution in [0.2, 0.25) is 0 Å². The fraction of sp³-hybridized carbons (Fsp3) is 0.364. The van der Waals surface area contributed by atoms with E-state index in [1.807, 2.05) is 35.2 Å². The Morgan fingerprint density at radius 3 is 2.48 bits per heavy atom. The van der Waals surface area contributed by atoms with Crippen molar-refractivity contribution >= 4 is 16.9 Å². The number of aromatic nitrogens is 2. The van der Waals surface area contributed by atoms with Crippen LogP contribution in [0, 0.1) is 0 Å². The number of nitrogens with zero attached hydrogens (tertiary/aromatic N) is 3. The third-order valence-electron chi connectivity index (χ3n) is 5.22. The number of amides is 1. The largest absolute Gasteiger partial charge is 0.342 e. The molecule has 5 heteroatoms. The minimum absolute atomic E-state index is 0.269. The molecule has 0 spiro atoms. The van der Waals surface area contributed by atoms with E-state index in [1.54, 1.807) is 0 Å². The second-order valence-corrected chi connectivity index (χ2v) is 7.20. The molecule has 2 aromatic carbocycles. The van der Waals surface area contributed by atoms with Gasteiger partial charge in [0.15, 0.2) is 0 Å². The molecule has 0 unspecified atom stereocenters. The van der Waals surface area contributed by atoms with Gasteiger partial charge in [-0.3, -0.25) is 9.69 Å². The predicted molar refractivity (Wildman–Crippen MR) is 107 cm³/mol. The van der Waals surface area contributed by atoms with E-state index in [0.29, 0.717) is 6.42 Å². The first-order valence-corrected chi connectivity index (χ1v) is 9.75. The summed E-state index contributed by atoms with van der Waals surface area (Å²) in [6.45, 7) is 4.52. The summed E-state index contributed by atoms with van der Waals surface area (Å²) in [6, 6.07) is 18.6. The van der Waals surface area contributed by atoms with Gasteiger partial charge < -0.3 is 9.88 Å². The molecule has 1 fully saturated rings. The minimum Gasteiger partial charge on any atom is -0.342 e. The molecule has 4 rings (SSSR count). The topological polar surface area (TPSA) is 52.2 Å². The van der Waals surface area contributed by atoms with E-state index in [1.165, 1.54) is 5.56 Å². The van der Waals surface area contributed by atoms with Gasteiger partial charge in [0.1, 0.15) is 5.82 Å². The van der Waals surface area contributed by atoms with Crippen LogP contribution >= 0.6 is 0 Å². The maximum Gasteiger partial charge on any atom is 0.222 e. The summed E-state index contributed by atoms with van der Waals surface area (Å²) in [6.07, 6.45) is 2.24. The van der Waals surface area contributed by atoms with Crippen LogP contribution in [-0.2, 0) is 17.8 Å². The number of fused-ring (bicyclic) bond motifs is 1. The van der Waals surface area contributed by atoms with Gasteiger partial charge in [0, 0.05) is 45.6 Å². The highest BCUT2D eigenvalue weighted by molar-refractivity contribution is 5.76.